The van der Waals surface area contributed by atoms with Gasteiger partial charge in [-0.2, -0.15) is 0 Å². The van der Waals surface area contributed by atoms with E-state index in [0.717, 1.165) is 5.56 Å². The van der Waals surface area contributed by atoms with E-state index in [2.05, 4.69) is 4.52 Å². The summed E-state index contributed by atoms with van der Waals surface area (Å²) < 4.78 is 14.8. The molecule has 0 spiro atoms. The highest BCUT2D eigenvalue weighted by Crippen LogP contribution is 2.22. The molecule has 1 N–H and O–H groups in total. The lowest BCUT2D eigenvalue weighted by atomic mass is 10.2. The molecule has 0 heterocycles. The summed E-state index contributed by atoms with van der Waals surface area (Å²) in [6.07, 6.45) is 0. The number of aryl methyl sites for hydroxylation is 1. The Morgan fingerprint density at radius 3 is 2.82 bits per heavy atom. The molecule has 0 amide bonds. The maximum absolute atomic E-state index is 10.2. The Hall–Kier alpha value is -0.790. The first-order chi connectivity index (χ1) is 5.18. The van der Waals surface area contributed by atoms with Gasteiger partial charge in [0.15, 0.2) is 0 Å². The smallest absolute Gasteiger partial charge is 0.365 e. The molecular weight excluding hydrogens is 163 g/mol. The molecule has 11 heavy (non-hydrogen) atoms. The number of hydrogen-bond acceptors (Lipinski definition) is 2. The van der Waals surface area contributed by atoms with Crippen molar-refractivity contribution >= 4 is 8.25 Å². The van der Waals surface area contributed by atoms with Crippen LogP contribution in [0.25, 0.3) is 0 Å². The van der Waals surface area contributed by atoms with Gasteiger partial charge in [0.1, 0.15) is 5.75 Å². The Morgan fingerprint density at radius 1 is 1.55 bits per heavy atom. The van der Waals surface area contributed by atoms with Gasteiger partial charge in [-0.15, -0.1) is 0 Å². The molecule has 1 aromatic carbocycles. The van der Waals surface area contributed by atoms with Gasteiger partial charge in [-0.25, -0.2) is 4.57 Å². The summed E-state index contributed by atoms with van der Waals surface area (Å²) in [5, 5.41) is 0. The molecule has 1 unspecified atom stereocenters. The first-order valence-corrected chi connectivity index (χ1v) is 4.42. The third kappa shape index (κ3) is 2.74. The van der Waals surface area contributed by atoms with Crippen molar-refractivity contribution in [2.24, 2.45) is 0 Å². The van der Waals surface area contributed by atoms with E-state index in [4.69, 9.17) is 4.89 Å². The highest BCUT2D eigenvalue weighted by Gasteiger charge is 1.95. The Bertz CT molecular complexity index is 272. The van der Waals surface area contributed by atoms with Crippen LogP contribution in [0.5, 0.6) is 5.75 Å². The van der Waals surface area contributed by atoms with E-state index in [0.29, 0.717) is 5.75 Å². The van der Waals surface area contributed by atoms with Crippen molar-refractivity contribution in [3.8, 4) is 5.75 Å². The first-order valence-electron chi connectivity index (χ1n) is 3.16. The average molecular weight is 172 g/mol. The van der Waals surface area contributed by atoms with Gasteiger partial charge >= 0.3 is 8.25 Å². The van der Waals surface area contributed by atoms with Crippen molar-refractivity contribution < 1.29 is 14.0 Å². The zero-order valence-electron chi connectivity index (χ0n) is 6.07. The van der Waals surface area contributed by atoms with Gasteiger partial charge in [-0.05, 0) is 24.6 Å². The molecule has 4 heteroatoms. The minimum Gasteiger partial charge on any atom is -0.426 e. The van der Waals surface area contributed by atoms with Crippen molar-refractivity contribution in [3.05, 3.63) is 29.8 Å². The maximum Gasteiger partial charge on any atom is 0.365 e. The zero-order chi connectivity index (χ0) is 8.27. The van der Waals surface area contributed by atoms with Crippen molar-refractivity contribution in [2.45, 2.75) is 6.92 Å². The van der Waals surface area contributed by atoms with Gasteiger partial charge in [-0.3, -0.25) is 0 Å². The molecule has 0 aliphatic rings. The van der Waals surface area contributed by atoms with Crippen LogP contribution in [0.3, 0.4) is 0 Å². The second-order valence-corrected chi connectivity index (χ2v) is 2.92. The van der Waals surface area contributed by atoms with E-state index >= 15 is 0 Å². The van der Waals surface area contributed by atoms with Crippen molar-refractivity contribution in [1.29, 1.82) is 0 Å². The Morgan fingerprint density at radius 2 is 2.27 bits per heavy atom. The van der Waals surface area contributed by atoms with Crippen molar-refractivity contribution in [1.82, 2.24) is 0 Å². The van der Waals surface area contributed by atoms with Crippen LogP contribution >= 0.6 is 8.25 Å². The largest absolute Gasteiger partial charge is 0.426 e. The lowest BCUT2D eigenvalue weighted by Gasteiger charge is -2.00. The molecule has 0 fully saturated rings. The van der Waals surface area contributed by atoms with Crippen LogP contribution in [-0.4, -0.2) is 4.89 Å². The molecular formula is C7H9O3P. The quantitative estimate of drug-likeness (QED) is 0.691. The van der Waals surface area contributed by atoms with Gasteiger partial charge < -0.3 is 9.42 Å². The summed E-state index contributed by atoms with van der Waals surface area (Å²) in [5.74, 6) is 0.441. The minimum absolute atomic E-state index is 0.441. The van der Waals surface area contributed by atoms with E-state index in [1.54, 1.807) is 18.2 Å². The van der Waals surface area contributed by atoms with Gasteiger partial charge in [0.25, 0.3) is 0 Å². The van der Waals surface area contributed by atoms with Crippen LogP contribution in [0.1, 0.15) is 5.56 Å². The molecule has 0 saturated carbocycles. The molecule has 0 aliphatic carbocycles. The monoisotopic (exact) mass is 172 g/mol. The lowest BCUT2D eigenvalue weighted by molar-refractivity contribution is 0.410. The Kier molecular flexibility index (Phi) is 2.69. The van der Waals surface area contributed by atoms with Gasteiger partial charge in [-0.1, -0.05) is 12.1 Å². The topological polar surface area (TPSA) is 46.5 Å². The maximum atomic E-state index is 10.2. The van der Waals surface area contributed by atoms with E-state index < -0.39 is 8.25 Å². The predicted octanol–water partition coefficient (Wildman–Crippen LogP) is 1.76. The summed E-state index contributed by atoms with van der Waals surface area (Å²) in [7, 11) is -2.85. The molecule has 0 bridgehead atoms. The third-order valence-electron chi connectivity index (χ3n) is 1.19. The fourth-order valence-corrected chi connectivity index (χ4v) is 1.11. The van der Waals surface area contributed by atoms with Crippen LogP contribution < -0.4 is 4.52 Å². The average Bonchev–Trinajstić information content (AvgIpc) is 1.85. The number of hydrogen-bond donors (Lipinski definition) is 1. The van der Waals surface area contributed by atoms with Gasteiger partial charge in [0.2, 0.25) is 0 Å². The summed E-state index contributed by atoms with van der Waals surface area (Å²) in [6, 6.07) is 7.02. The normalized spacial score (nSPS) is 12.5. The van der Waals surface area contributed by atoms with Gasteiger partial charge in [0.05, 0.1) is 0 Å². The first kappa shape index (κ1) is 8.31. The van der Waals surface area contributed by atoms with Crippen LogP contribution in [0.15, 0.2) is 24.3 Å². The van der Waals surface area contributed by atoms with Crippen molar-refractivity contribution in [3.63, 3.8) is 0 Å². The standard InChI is InChI=1S/C7H9O3P/c1-6-3-2-4-7(5-6)10-11(8)9/h2-5,11H,1H3,(H,8,9). The van der Waals surface area contributed by atoms with E-state index in [1.807, 2.05) is 13.0 Å². The predicted molar refractivity (Wildman–Crippen MR) is 43.0 cm³/mol. The molecule has 1 aromatic rings. The molecule has 0 radical (unpaired) electrons. The molecule has 1 atom stereocenters. The summed E-state index contributed by atoms with van der Waals surface area (Å²) in [6.45, 7) is 1.89. The van der Waals surface area contributed by atoms with Crippen molar-refractivity contribution in [2.75, 3.05) is 0 Å². The highest BCUT2D eigenvalue weighted by atomic mass is 31.1. The molecule has 1 rings (SSSR count). The Balaban J connectivity index is 2.79. The van der Waals surface area contributed by atoms with Crippen LogP contribution in [-0.2, 0) is 4.57 Å². The number of rotatable bonds is 2. The van der Waals surface area contributed by atoms with Crippen LogP contribution in [0, 0.1) is 6.92 Å². The summed E-state index contributed by atoms with van der Waals surface area (Å²) in [4.78, 5) is 8.42. The third-order valence-corrected chi connectivity index (χ3v) is 1.61. The van der Waals surface area contributed by atoms with Crippen LogP contribution in [0.2, 0.25) is 0 Å². The SMILES string of the molecule is Cc1cccc(O[PH](=O)O)c1. The van der Waals surface area contributed by atoms with E-state index in [1.165, 1.54) is 0 Å². The fraction of sp³-hybridized carbons (Fsp3) is 0.143. The van der Waals surface area contributed by atoms with E-state index in [9.17, 15) is 4.57 Å². The second kappa shape index (κ2) is 3.56. The summed E-state index contributed by atoms with van der Waals surface area (Å²) >= 11 is 0. The molecule has 60 valence electrons. The molecule has 0 aliphatic heterocycles. The minimum atomic E-state index is -2.85. The molecule has 3 nitrogen and oxygen atoms in total. The fourth-order valence-electron chi connectivity index (χ4n) is 0.780. The number of benzene rings is 1. The zero-order valence-corrected chi connectivity index (χ0v) is 7.07. The molecule has 0 saturated heterocycles. The molecule has 0 aromatic heterocycles. The summed E-state index contributed by atoms with van der Waals surface area (Å²) in [5.41, 5.74) is 1.01. The van der Waals surface area contributed by atoms with Crippen LogP contribution in [0.4, 0.5) is 0 Å². The van der Waals surface area contributed by atoms with E-state index in [-0.39, 0.29) is 0 Å². The lowest BCUT2D eigenvalue weighted by Crippen LogP contribution is -1.80. The van der Waals surface area contributed by atoms with Gasteiger partial charge in [0, 0.05) is 0 Å². The second-order valence-electron chi connectivity index (χ2n) is 2.18. The Labute approximate surface area is 65.6 Å². The highest BCUT2D eigenvalue weighted by molar-refractivity contribution is 7.32.